The number of hydrogen-bond donors (Lipinski definition) is 0. The zero-order valence-electron chi connectivity index (χ0n) is 12.6. The normalized spacial score (nSPS) is 11.0. The van der Waals surface area contributed by atoms with Gasteiger partial charge in [0.2, 0.25) is 0 Å². The summed E-state index contributed by atoms with van der Waals surface area (Å²) in [6.45, 7) is 5.74. The van der Waals surface area contributed by atoms with Gasteiger partial charge < -0.3 is 9.47 Å². The summed E-state index contributed by atoms with van der Waals surface area (Å²) in [6.07, 6.45) is 0.965. The first-order valence-electron chi connectivity index (χ1n) is 7.13. The summed E-state index contributed by atoms with van der Waals surface area (Å²) >= 11 is 5.89. The molecule has 0 spiro atoms. The number of rotatable bonds is 7. The fourth-order valence-corrected chi connectivity index (χ4v) is 2.41. The van der Waals surface area contributed by atoms with Crippen LogP contribution in [0.3, 0.4) is 0 Å². The lowest BCUT2D eigenvalue weighted by molar-refractivity contribution is -0.165. The first-order chi connectivity index (χ1) is 10.0. The van der Waals surface area contributed by atoms with E-state index in [0.717, 1.165) is 0 Å². The van der Waals surface area contributed by atoms with Crippen molar-refractivity contribution >= 4 is 23.5 Å². The summed E-state index contributed by atoms with van der Waals surface area (Å²) in [6, 6.07) is 6.65. The lowest BCUT2D eigenvalue weighted by Gasteiger charge is -2.29. The molecule has 0 amide bonds. The smallest absolute Gasteiger partial charge is 0.328 e. The van der Waals surface area contributed by atoms with Gasteiger partial charge in [0.1, 0.15) is 0 Å². The van der Waals surface area contributed by atoms with Gasteiger partial charge in [-0.3, -0.25) is 9.59 Å². The highest BCUT2D eigenvalue weighted by Gasteiger charge is 2.49. The van der Waals surface area contributed by atoms with E-state index in [2.05, 4.69) is 0 Å². The molecule has 0 heterocycles. The Balaban J connectivity index is 3.38. The van der Waals surface area contributed by atoms with Crippen molar-refractivity contribution in [3.8, 4) is 0 Å². The van der Waals surface area contributed by atoms with Crippen molar-refractivity contribution < 1.29 is 19.1 Å². The van der Waals surface area contributed by atoms with Crippen LogP contribution >= 0.6 is 11.6 Å². The van der Waals surface area contributed by atoms with Crippen molar-refractivity contribution in [2.24, 2.45) is 0 Å². The van der Waals surface area contributed by atoms with Crippen molar-refractivity contribution in [1.29, 1.82) is 0 Å². The molecule has 0 fully saturated rings. The van der Waals surface area contributed by atoms with Crippen LogP contribution in [0.15, 0.2) is 24.3 Å². The van der Waals surface area contributed by atoms with Crippen LogP contribution in [0.1, 0.15) is 39.2 Å². The maximum Gasteiger partial charge on any atom is 0.328 e. The number of ether oxygens (including phenoxy) is 2. The fraction of sp³-hybridized carbons (Fsp3) is 0.500. The van der Waals surface area contributed by atoms with E-state index in [1.54, 1.807) is 38.1 Å². The van der Waals surface area contributed by atoms with Crippen LogP contribution in [0.2, 0.25) is 5.02 Å². The Hall–Kier alpha value is -1.55. The molecule has 0 saturated carbocycles. The molecular formula is C16H21ClO4. The molecule has 0 saturated heterocycles. The lowest BCUT2D eigenvalue weighted by Crippen LogP contribution is -2.46. The average Bonchev–Trinajstić information content (AvgIpc) is 2.46. The second-order valence-electron chi connectivity index (χ2n) is 4.60. The number of carbonyl (C=O) groups is 2. The van der Waals surface area contributed by atoms with Crippen LogP contribution in [0.4, 0.5) is 0 Å². The Morgan fingerprint density at radius 3 is 1.86 bits per heavy atom. The van der Waals surface area contributed by atoms with Gasteiger partial charge in [0.25, 0.3) is 0 Å². The van der Waals surface area contributed by atoms with Gasteiger partial charge in [-0.15, -0.1) is 0 Å². The third kappa shape index (κ3) is 3.76. The fourth-order valence-electron chi connectivity index (χ4n) is 2.29. The van der Waals surface area contributed by atoms with E-state index in [4.69, 9.17) is 21.1 Å². The summed E-state index contributed by atoms with van der Waals surface area (Å²) in [5.41, 5.74) is -0.878. The van der Waals surface area contributed by atoms with Gasteiger partial charge in [-0.2, -0.15) is 0 Å². The maximum absolute atomic E-state index is 12.5. The lowest BCUT2D eigenvalue weighted by atomic mass is 9.76. The number of halogens is 1. The van der Waals surface area contributed by atoms with Gasteiger partial charge in [0, 0.05) is 5.02 Å². The first kappa shape index (κ1) is 17.5. The minimum absolute atomic E-state index is 0.206. The van der Waals surface area contributed by atoms with Gasteiger partial charge in [-0.25, -0.2) is 0 Å². The van der Waals surface area contributed by atoms with Gasteiger partial charge in [-0.05, 0) is 38.0 Å². The predicted molar refractivity (Wildman–Crippen MR) is 81.3 cm³/mol. The van der Waals surface area contributed by atoms with E-state index in [0.29, 0.717) is 23.4 Å². The van der Waals surface area contributed by atoms with Gasteiger partial charge >= 0.3 is 11.9 Å². The Kier molecular flexibility index (Phi) is 6.69. The predicted octanol–water partition coefficient (Wildman–Crippen LogP) is 3.50. The SMILES string of the molecule is CCCC(C(=O)OCC)(C(=O)OCC)c1ccc(Cl)cc1. The first-order valence-corrected chi connectivity index (χ1v) is 7.51. The summed E-state index contributed by atoms with van der Waals surface area (Å²) in [7, 11) is 0. The summed E-state index contributed by atoms with van der Waals surface area (Å²) in [5, 5.41) is 0.539. The molecule has 0 aromatic heterocycles. The molecule has 1 aromatic carbocycles. The topological polar surface area (TPSA) is 52.6 Å². The molecule has 1 aromatic rings. The van der Waals surface area contributed by atoms with Crippen LogP contribution in [-0.4, -0.2) is 25.2 Å². The molecule has 1 rings (SSSR count). The molecule has 0 aliphatic carbocycles. The van der Waals surface area contributed by atoms with Crippen molar-refractivity contribution in [1.82, 2.24) is 0 Å². The van der Waals surface area contributed by atoms with E-state index in [1.165, 1.54) is 0 Å². The largest absolute Gasteiger partial charge is 0.465 e. The van der Waals surface area contributed by atoms with Crippen molar-refractivity contribution in [3.05, 3.63) is 34.9 Å². The minimum atomic E-state index is -1.43. The van der Waals surface area contributed by atoms with Gasteiger partial charge in [0.05, 0.1) is 13.2 Å². The van der Waals surface area contributed by atoms with Crippen LogP contribution in [0.25, 0.3) is 0 Å². The van der Waals surface area contributed by atoms with E-state index in [1.807, 2.05) is 6.92 Å². The van der Waals surface area contributed by atoms with E-state index in [-0.39, 0.29) is 13.2 Å². The van der Waals surface area contributed by atoms with Crippen LogP contribution in [-0.2, 0) is 24.5 Å². The molecule has 21 heavy (non-hydrogen) atoms. The van der Waals surface area contributed by atoms with E-state index < -0.39 is 17.4 Å². The molecule has 5 heteroatoms. The number of esters is 2. The van der Waals surface area contributed by atoms with Crippen LogP contribution in [0.5, 0.6) is 0 Å². The average molecular weight is 313 g/mol. The standard InChI is InChI=1S/C16H21ClO4/c1-4-11-16(14(18)20-5-2,15(19)21-6-3)12-7-9-13(17)10-8-12/h7-10H,4-6,11H2,1-3H3. The molecule has 0 aliphatic rings. The zero-order valence-corrected chi connectivity index (χ0v) is 13.4. The molecule has 0 radical (unpaired) electrons. The van der Waals surface area contributed by atoms with E-state index in [9.17, 15) is 9.59 Å². The summed E-state index contributed by atoms with van der Waals surface area (Å²) in [4.78, 5) is 25.0. The third-order valence-corrected chi connectivity index (χ3v) is 3.46. The molecule has 0 aliphatic heterocycles. The monoisotopic (exact) mass is 312 g/mol. The van der Waals surface area contributed by atoms with Crippen molar-refractivity contribution in [3.63, 3.8) is 0 Å². The van der Waals surface area contributed by atoms with Gasteiger partial charge in [-0.1, -0.05) is 37.1 Å². The molecular weight excluding hydrogens is 292 g/mol. The minimum Gasteiger partial charge on any atom is -0.465 e. The highest BCUT2D eigenvalue weighted by atomic mass is 35.5. The Labute approximate surface area is 130 Å². The molecule has 0 atom stereocenters. The molecule has 4 nitrogen and oxygen atoms in total. The Bertz CT molecular complexity index is 464. The molecule has 0 N–H and O–H groups in total. The Morgan fingerprint density at radius 1 is 1.00 bits per heavy atom. The van der Waals surface area contributed by atoms with Crippen LogP contribution < -0.4 is 0 Å². The van der Waals surface area contributed by atoms with Gasteiger partial charge in [0.15, 0.2) is 5.41 Å². The quantitative estimate of drug-likeness (QED) is 0.571. The second-order valence-corrected chi connectivity index (χ2v) is 5.04. The summed E-state index contributed by atoms with van der Waals surface area (Å²) in [5.74, 6) is -1.15. The van der Waals surface area contributed by atoms with Crippen LogP contribution in [0, 0.1) is 0 Å². The molecule has 0 bridgehead atoms. The highest BCUT2D eigenvalue weighted by Crippen LogP contribution is 2.33. The third-order valence-electron chi connectivity index (χ3n) is 3.21. The Morgan fingerprint density at radius 2 is 1.48 bits per heavy atom. The number of hydrogen-bond acceptors (Lipinski definition) is 4. The van der Waals surface area contributed by atoms with Crippen molar-refractivity contribution in [2.75, 3.05) is 13.2 Å². The maximum atomic E-state index is 12.5. The number of carbonyl (C=O) groups excluding carboxylic acids is 2. The molecule has 0 unspecified atom stereocenters. The second kappa shape index (κ2) is 8.03. The molecule has 116 valence electrons. The number of benzene rings is 1. The van der Waals surface area contributed by atoms with Crippen molar-refractivity contribution in [2.45, 2.75) is 39.0 Å². The summed E-state index contributed by atoms with van der Waals surface area (Å²) < 4.78 is 10.3. The zero-order chi connectivity index (χ0) is 15.9. The highest BCUT2D eigenvalue weighted by molar-refractivity contribution is 6.30. The van der Waals surface area contributed by atoms with E-state index >= 15 is 0 Å².